The van der Waals surface area contributed by atoms with Crippen molar-refractivity contribution in [3.8, 4) is 5.75 Å². The van der Waals surface area contributed by atoms with Crippen molar-refractivity contribution in [2.24, 2.45) is 0 Å². The van der Waals surface area contributed by atoms with Crippen LogP contribution in [0.2, 0.25) is 0 Å². The fourth-order valence-electron chi connectivity index (χ4n) is 3.58. The Bertz CT molecular complexity index is 1030. The molecule has 0 spiro atoms. The number of carbonyl (C=O) groups excluding carboxylic acids is 2. The fraction of sp³-hybridized carbons (Fsp3) is 0.200. The lowest BCUT2D eigenvalue weighted by Crippen LogP contribution is -2.38. The van der Waals surface area contributed by atoms with Crippen LogP contribution in [0, 0.1) is 0 Å². The van der Waals surface area contributed by atoms with Crippen molar-refractivity contribution < 1.29 is 14.3 Å². The lowest BCUT2D eigenvalue weighted by molar-refractivity contribution is -0.121. The first-order valence-electron chi connectivity index (χ1n) is 10.1. The summed E-state index contributed by atoms with van der Waals surface area (Å²) in [6.45, 7) is 3.68. The Hall–Kier alpha value is -3.60. The molecule has 152 valence electrons. The molecule has 0 fully saturated rings. The minimum Gasteiger partial charge on any atom is -0.482 e. The number of anilines is 1. The maximum Gasteiger partial charge on any atom is 0.265 e. The quantitative estimate of drug-likeness (QED) is 0.621. The summed E-state index contributed by atoms with van der Waals surface area (Å²) in [5.41, 5.74) is 3.48. The number of ether oxygens (including phenoxy) is 1. The van der Waals surface area contributed by atoms with Crippen LogP contribution in [0.3, 0.4) is 0 Å². The van der Waals surface area contributed by atoms with Crippen LogP contribution in [0.15, 0.2) is 78.9 Å². The minimum atomic E-state index is -0.0751. The van der Waals surface area contributed by atoms with Gasteiger partial charge in [0.25, 0.3) is 11.8 Å². The van der Waals surface area contributed by atoms with Crippen molar-refractivity contribution in [3.05, 3.63) is 95.6 Å². The van der Waals surface area contributed by atoms with Crippen LogP contribution in [0.1, 0.15) is 28.4 Å². The maximum atomic E-state index is 12.9. The molecule has 0 atom stereocenters. The van der Waals surface area contributed by atoms with Gasteiger partial charge in [0.2, 0.25) is 0 Å². The normalized spacial score (nSPS) is 12.8. The third-order valence-electron chi connectivity index (χ3n) is 5.24. The summed E-state index contributed by atoms with van der Waals surface area (Å²) in [6.07, 6.45) is 0. The minimum absolute atomic E-state index is 0.000646. The summed E-state index contributed by atoms with van der Waals surface area (Å²) >= 11 is 0. The Kier molecular flexibility index (Phi) is 5.80. The lowest BCUT2D eigenvalue weighted by atomic mass is 10.1. The van der Waals surface area contributed by atoms with E-state index in [-0.39, 0.29) is 18.4 Å². The summed E-state index contributed by atoms with van der Waals surface area (Å²) in [6, 6.07) is 25.0. The summed E-state index contributed by atoms with van der Waals surface area (Å²) in [5, 5.41) is 0. The molecule has 1 aliphatic rings. The van der Waals surface area contributed by atoms with E-state index in [1.54, 1.807) is 4.90 Å². The molecule has 1 heterocycles. The first-order chi connectivity index (χ1) is 14.7. The zero-order valence-corrected chi connectivity index (χ0v) is 17.0. The van der Waals surface area contributed by atoms with E-state index in [9.17, 15) is 9.59 Å². The first kappa shape index (κ1) is 19.7. The molecule has 0 radical (unpaired) electrons. The Morgan fingerprint density at radius 2 is 1.63 bits per heavy atom. The zero-order chi connectivity index (χ0) is 20.9. The molecular weight excluding hydrogens is 376 g/mol. The SMILES string of the molecule is CCN(Cc1ccccc1)C(=O)c1ccc(CN2C(=O)COc3ccccc32)cc1. The van der Waals surface area contributed by atoms with Crippen molar-refractivity contribution in [3.63, 3.8) is 0 Å². The standard InChI is InChI=1S/C25H24N2O3/c1-2-26(16-19-8-4-3-5-9-19)25(29)21-14-12-20(13-15-21)17-27-22-10-6-7-11-23(22)30-18-24(27)28/h3-15H,2,16-18H2,1H3. The van der Waals surface area contributed by atoms with Gasteiger partial charge in [-0.15, -0.1) is 0 Å². The van der Waals surface area contributed by atoms with Gasteiger partial charge >= 0.3 is 0 Å². The number of nitrogens with zero attached hydrogens (tertiary/aromatic N) is 2. The number of hydrogen-bond donors (Lipinski definition) is 0. The Labute approximate surface area is 176 Å². The number of rotatable bonds is 6. The van der Waals surface area contributed by atoms with E-state index in [0.29, 0.717) is 30.9 Å². The number of benzene rings is 3. The molecule has 0 aliphatic carbocycles. The van der Waals surface area contributed by atoms with Gasteiger partial charge in [0, 0.05) is 18.7 Å². The van der Waals surface area contributed by atoms with E-state index in [2.05, 4.69) is 0 Å². The molecule has 3 aromatic rings. The Morgan fingerprint density at radius 1 is 0.933 bits per heavy atom. The van der Waals surface area contributed by atoms with Gasteiger partial charge in [-0.2, -0.15) is 0 Å². The van der Waals surface area contributed by atoms with Crippen LogP contribution >= 0.6 is 0 Å². The van der Waals surface area contributed by atoms with Gasteiger partial charge in [0.05, 0.1) is 12.2 Å². The van der Waals surface area contributed by atoms with Crippen LogP contribution in [-0.2, 0) is 17.9 Å². The predicted molar refractivity (Wildman–Crippen MR) is 116 cm³/mol. The molecule has 0 saturated carbocycles. The molecule has 2 amide bonds. The van der Waals surface area contributed by atoms with Crippen molar-refractivity contribution in [2.75, 3.05) is 18.1 Å². The topological polar surface area (TPSA) is 49.9 Å². The average molecular weight is 400 g/mol. The molecule has 0 saturated heterocycles. The van der Waals surface area contributed by atoms with Gasteiger partial charge < -0.3 is 14.5 Å². The third kappa shape index (κ3) is 4.20. The number of carbonyl (C=O) groups is 2. The van der Waals surface area contributed by atoms with Crippen LogP contribution < -0.4 is 9.64 Å². The van der Waals surface area contributed by atoms with Gasteiger partial charge in [-0.1, -0.05) is 54.6 Å². The molecule has 0 bridgehead atoms. The summed E-state index contributed by atoms with van der Waals surface area (Å²) < 4.78 is 5.50. The summed E-state index contributed by atoms with van der Waals surface area (Å²) in [7, 11) is 0. The monoisotopic (exact) mass is 400 g/mol. The average Bonchev–Trinajstić information content (AvgIpc) is 2.80. The molecule has 0 unspecified atom stereocenters. The van der Waals surface area contributed by atoms with Crippen LogP contribution in [0.4, 0.5) is 5.69 Å². The Morgan fingerprint density at radius 3 is 2.37 bits per heavy atom. The van der Waals surface area contributed by atoms with Crippen molar-refractivity contribution >= 4 is 17.5 Å². The summed E-state index contributed by atoms with van der Waals surface area (Å²) in [4.78, 5) is 28.9. The van der Waals surface area contributed by atoms with E-state index < -0.39 is 0 Å². The van der Waals surface area contributed by atoms with E-state index in [0.717, 1.165) is 16.8 Å². The van der Waals surface area contributed by atoms with Gasteiger partial charge in [-0.05, 0) is 42.3 Å². The van der Waals surface area contributed by atoms with Gasteiger partial charge in [0.1, 0.15) is 5.75 Å². The highest BCUT2D eigenvalue weighted by atomic mass is 16.5. The van der Waals surface area contributed by atoms with Crippen LogP contribution in [0.5, 0.6) is 5.75 Å². The molecular formula is C25H24N2O3. The van der Waals surface area contributed by atoms with Crippen LogP contribution in [-0.4, -0.2) is 29.9 Å². The molecule has 5 nitrogen and oxygen atoms in total. The largest absolute Gasteiger partial charge is 0.482 e. The highest BCUT2D eigenvalue weighted by Crippen LogP contribution is 2.32. The summed E-state index contributed by atoms with van der Waals surface area (Å²) in [5.74, 6) is 0.637. The van der Waals surface area contributed by atoms with Crippen molar-refractivity contribution in [2.45, 2.75) is 20.0 Å². The molecule has 30 heavy (non-hydrogen) atoms. The number of para-hydroxylation sites is 2. The molecule has 4 rings (SSSR count). The molecule has 0 aromatic heterocycles. The number of amides is 2. The van der Waals surface area contributed by atoms with E-state index in [1.807, 2.05) is 90.7 Å². The van der Waals surface area contributed by atoms with Crippen LogP contribution in [0.25, 0.3) is 0 Å². The molecule has 5 heteroatoms. The van der Waals surface area contributed by atoms with Crippen molar-refractivity contribution in [1.29, 1.82) is 0 Å². The fourth-order valence-corrected chi connectivity index (χ4v) is 3.58. The zero-order valence-electron chi connectivity index (χ0n) is 17.0. The lowest BCUT2D eigenvalue weighted by Gasteiger charge is -2.29. The molecule has 1 aliphatic heterocycles. The van der Waals surface area contributed by atoms with Crippen molar-refractivity contribution in [1.82, 2.24) is 4.90 Å². The predicted octanol–water partition coefficient (Wildman–Crippen LogP) is 4.27. The smallest absolute Gasteiger partial charge is 0.265 e. The third-order valence-corrected chi connectivity index (χ3v) is 5.24. The molecule has 3 aromatic carbocycles. The first-order valence-corrected chi connectivity index (χ1v) is 10.1. The second-order valence-corrected chi connectivity index (χ2v) is 7.24. The second-order valence-electron chi connectivity index (χ2n) is 7.24. The second kappa shape index (κ2) is 8.82. The number of hydrogen-bond acceptors (Lipinski definition) is 3. The van der Waals surface area contributed by atoms with E-state index in [1.165, 1.54) is 0 Å². The van der Waals surface area contributed by atoms with E-state index in [4.69, 9.17) is 4.74 Å². The van der Waals surface area contributed by atoms with Gasteiger partial charge in [-0.3, -0.25) is 9.59 Å². The van der Waals surface area contributed by atoms with Gasteiger partial charge in [-0.25, -0.2) is 0 Å². The highest BCUT2D eigenvalue weighted by molar-refractivity contribution is 5.98. The highest BCUT2D eigenvalue weighted by Gasteiger charge is 2.25. The van der Waals surface area contributed by atoms with Gasteiger partial charge in [0.15, 0.2) is 6.61 Å². The Balaban J connectivity index is 1.47. The maximum absolute atomic E-state index is 12.9. The van der Waals surface area contributed by atoms with E-state index >= 15 is 0 Å². The molecule has 0 N–H and O–H groups in total. The number of fused-ring (bicyclic) bond motifs is 1.